The highest BCUT2D eigenvalue weighted by atomic mass is 16.1. The van der Waals surface area contributed by atoms with Crippen LogP contribution in [-0.2, 0) is 0 Å². The molecule has 0 radical (unpaired) electrons. The lowest BCUT2D eigenvalue weighted by molar-refractivity contribution is 0.0988. The van der Waals surface area contributed by atoms with Gasteiger partial charge in [0.2, 0.25) is 0 Å². The Kier molecular flexibility index (Phi) is 3.07. The first-order valence-corrected chi connectivity index (χ1v) is 4.45. The Labute approximate surface area is 79.2 Å². The zero-order chi connectivity index (χ0) is 9.84. The van der Waals surface area contributed by atoms with Crippen molar-refractivity contribution < 1.29 is 4.79 Å². The molecule has 0 N–H and O–H groups in total. The normalized spacial score (nSPS) is 9.77. The summed E-state index contributed by atoms with van der Waals surface area (Å²) in [6, 6.07) is 7.67. The summed E-state index contributed by atoms with van der Waals surface area (Å²) in [5.74, 6) is 0.199. The van der Waals surface area contributed by atoms with Crippen molar-refractivity contribution >= 4 is 11.5 Å². The summed E-state index contributed by atoms with van der Waals surface area (Å²) in [4.78, 5) is 13.3. The summed E-state index contributed by atoms with van der Waals surface area (Å²) in [5, 5.41) is 0. The van der Waals surface area contributed by atoms with Crippen LogP contribution in [0.15, 0.2) is 24.3 Å². The first kappa shape index (κ1) is 9.78. The first-order chi connectivity index (χ1) is 6.15. The summed E-state index contributed by atoms with van der Waals surface area (Å²) in [6.45, 7) is 1.88. The molecule has 2 heteroatoms. The predicted molar refractivity (Wildman–Crippen MR) is 55.4 cm³/mol. The van der Waals surface area contributed by atoms with Crippen LogP contribution in [0.5, 0.6) is 0 Å². The van der Waals surface area contributed by atoms with E-state index in [-0.39, 0.29) is 5.78 Å². The molecule has 0 saturated carbocycles. The molecule has 0 aliphatic carbocycles. The highest BCUT2D eigenvalue weighted by Gasteiger charge is 2.02. The molecule has 0 amide bonds. The SMILES string of the molecule is CCC(=O)c1ccc(N(C)C)cc1. The van der Waals surface area contributed by atoms with Crippen molar-refractivity contribution in [2.24, 2.45) is 0 Å². The minimum Gasteiger partial charge on any atom is -0.378 e. The molecule has 1 rings (SSSR count). The fraction of sp³-hybridized carbons (Fsp3) is 0.364. The van der Waals surface area contributed by atoms with Gasteiger partial charge in [-0.1, -0.05) is 6.92 Å². The number of carbonyl (C=O) groups is 1. The van der Waals surface area contributed by atoms with E-state index in [0.29, 0.717) is 6.42 Å². The summed E-state index contributed by atoms with van der Waals surface area (Å²) in [5.41, 5.74) is 1.92. The molecule has 1 aromatic carbocycles. The zero-order valence-electron chi connectivity index (χ0n) is 8.37. The van der Waals surface area contributed by atoms with Gasteiger partial charge in [-0.05, 0) is 24.3 Å². The fourth-order valence-electron chi connectivity index (χ4n) is 1.15. The third kappa shape index (κ3) is 2.31. The summed E-state index contributed by atoms with van der Waals surface area (Å²) in [7, 11) is 3.97. The maximum absolute atomic E-state index is 11.3. The van der Waals surface area contributed by atoms with Gasteiger partial charge in [0.1, 0.15) is 0 Å². The molecule has 0 heterocycles. The monoisotopic (exact) mass is 177 g/mol. The molecule has 0 unspecified atom stereocenters. The maximum atomic E-state index is 11.3. The number of benzene rings is 1. The smallest absolute Gasteiger partial charge is 0.162 e. The molecule has 0 aliphatic heterocycles. The molecule has 0 aromatic heterocycles. The number of hydrogen-bond donors (Lipinski definition) is 0. The molecular formula is C11H15NO. The highest BCUT2D eigenvalue weighted by molar-refractivity contribution is 5.96. The quantitative estimate of drug-likeness (QED) is 0.660. The van der Waals surface area contributed by atoms with E-state index in [1.165, 1.54) is 0 Å². The molecule has 0 fully saturated rings. The zero-order valence-corrected chi connectivity index (χ0v) is 8.37. The van der Waals surface area contributed by atoms with Crippen LogP contribution in [0.4, 0.5) is 5.69 Å². The Morgan fingerprint density at radius 2 is 1.77 bits per heavy atom. The lowest BCUT2D eigenvalue weighted by Gasteiger charge is -2.12. The van der Waals surface area contributed by atoms with Gasteiger partial charge < -0.3 is 4.90 Å². The van der Waals surface area contributed by atoms with Crippen molar-refractivity contribution in [3.05, 3.63) is 29.8 Å². The van der Waals surface area contributed by atoms with Gasteiger partial charge in [0.25, 0.3) is 0 Å². The molecule has 2 nitrogen and oxygen atoms in total. The summed E-state index contributed by atoms with van der Waals surface area (Å²) in [6.07, 6.45) is 0.571. The van der Waals surface area contributed by atoms with Gasteiger partial charge >= 0.3 is 0 Å². The second kappa shape index (κ2) is 4.08. The largest absolute Gasteiger partial charge is 0.378 e. The number of nitrogens with zero attached hydrogens (tertiary/aromatic N) is 1. The van der Waals surface area contributed by atoms with E-state index in [2.05, 4.69) is 0 Å². The number of hydrogen-bond acceptors (Lipinski definition) is 2. The number of Topliss-reactive ketones (excluding diaryl/α,β-unsaturated/α-hetero) is 1. The molecule has 70 valence electrons. The first-order valence-electron chi connectivity index (χ1n) is 4.45. The Morgan fingerprint density at radius 3 is 2.15 bits per heavy atom. The minimum absolute atomic E-state index is 0.199. The Balaban J connectivity index is 2.87. The van der Waals surface area contributed by atoms with Crippen molar-refractivity contribution in [3.8, 4) is 0 Å². The van der Waals surface area contributed by atoms with Gasteiger partial charge in [0, 0.05) is 31.8 Å². The summed E-state index contributed by atoms with van der Waals surface area (Å²) >= 11 is 0. The van der Waals surface area contributed by atoms with Crippen LogP contribution in [0.3, 0.4) is 0 Å². The number of rotatable bonds is 3. The molecule has 0 atom stereocenters. The van der Waals surface area contributed by atoms with Crippen LogP contribution < -0.4 is 4.90 Å². The van der Waals surface area contributed by atoms with Gasteiger partial charge in [-0.2, -0.15) is 0 Å². The standard InChI is InChI=1S/C11H15NO/c1-4-11(13)9-5-7-10(8-6-9)12(2)3/h5-8H,4H2,1-3H3. The van der Waals surface area contributed by atoms with E-state index in [0.717, 1.165) is 11.3 Å². The Bertz CT molecular complexity index is 287. The van der Waals surface area contributed by atoms with E-state index in [9.17, 15) is 4.79 Å². The van der Waals surface area contributed by atoms with Gasteiger partial charge in [-0.15, -0.1) is 0 Å². The van der Waals surface area contributed by atoms with E-state index >= 15 is 0 Å². The number of carbonyl (C=O) groups excluding carboxylic acids is 1. The van der Waals surface area contributed by atoms with E-state index < -0.39 is 0 Å². The van der Waals surface area contributed by atoms with Crippen molar-refractivity contribution in [2.75, 3.05) is 19.0 Å². The molecule has 13 heavy (non-hydrogen) atoms. The van der Waals surface area contributed by atoms with E-state index in [1.807, 2.05) is 50.2 Å². The molecule has 0 bridgehead atoms. The topological polar surface area (TPSA) is 20.3 Å². The average molecular weight is 177 g/mol. The number of anilines is 1. The van der Waals surface area contributed by atoms with Gasteiger partial charge in [0.15, 0.2) is 5.78 Å². The Hall–Kier alpha value is -1.31. The number of ketones is 1. The minimum atomic E-state index is 0.199. The third-order valence-corrected chi connectivity index (χ3v) is 2.03. The van der Waals surface area contributed by atoms with E-state index in [1.54, 1.807) is 0 Å². The average Bonchev–Trinajstić information content (AvgIpc) is 2.17. The van der Waals surface area contributed by atoms with Gasteiger partial charge in [-0.3, -0.25) is 4.79 Å². The summed E-state index contributed by atoms with van der Waals surface area (Å²) < 4.78 is 0. The van der Waals surface area contributed by atoms with Crippen molar-refractivity contribution in [2.45, 2.75) is 13.3 Å². The Morgan fingerprint density at radius 1 is 1.23 bits per heavy atom. The van der Waals surface area contributed by atoms with Crippen LogP contribution in [0.25, 0.3) is 0 Å². The van der Waals surface area contributed by atoms with Crippen molar-refractivity contribution in [1.29, 1.82) is 0 Å². The maximum Gasteiger partial charge on any atom is 0.162 e. The van der Waals surface area contributed by atoms with Crippen LogP contribution in [0.2, 0.25) is 0 Å². The predicted octanol–water partition coefficient (Wildman–Crippen LogP) is 2.35. The van der Waals surface area contributed by atoms with Crippen LogP contribution >= 0.6 is 0 Å². The lowest BCUT2D eigenvalue weighted by Crippen LogP contribution is -2.08. The van der Waals surface area contributed by atoms with E-state index in [4.69, 9.17) is 0 Å². The highest BCUT2D eigenvalue weighted by Crippen LogP contribution is 2.13. The fourth-order valence-corrected chi connectivity index (χ4v) is 1.15. The van der Waals surface area contributed by atoms with Crippen LogP contribution in [0.1, 0.15) is 23.7 Å². The molecule has 0 saturated heterocycles. The molecule has 1 aromatic rings. The van der Waals surface area contributed by atoms with Gasteiger partial charge in [-0.25, -0.2) is 0 Å². The van der Waals surface area contributed by atoms with Crippen LogP contribution in [-0.4, -0.2) is 19.9 Å². The molecule has 0 spiro atoms. The lowest BCUT2D eigenvalue weighted by atomic mass is 10.1. The van der Waals surface area contributed by atoms with Gasteiger partial charge in [0.05, 0.1) is 0 Å². The second-order valence-corrected chi connectivity index (χ2v) is 3.22. The van der Waals surface area contributed by atoms with Crippen molar-refractivity contribution in [3.63, 3.8) is 0 Å². The molecule has 0 aliphatic rings. The second-order valence-electron chi connectivity index (χ2n) is 3.22. The van der Waals surface area contributed by atoms with Crippen molar-refractivity contribution in [1.82, 2.24) is 0 Å². The molecular weight excluding hydrogens is 162 g/mol. The van der Waals surface area contributed by atoms with Crippen LogP contribution in [0, 0.1) is 0 Å². The third-order valence-electron chi connectivity index (χ3n) is 2.03.